The fourth-order valence-electron chi connectivity index (χ4n) is 3.45. The van der Waals surface area contributed by atoms with Gasteiger partial charge in [-0.15, -0.1) is 0 Å². The Hall–Kier alpha value is -2.66. The Morgan fingerprint density at radius 3 is 2.73 bits per heavy atom. The van der Waals surface area contributed by atoms with E-state index in [1.54, 1.807) is 19.2 Å². The van der Waals surface area contributed by atoms with E-state index < -0.39 is 0 Å². The van der Waals surface area contributed by atoms with E-state index >= 15 is 0 Å². The summed E-state index contributed by atoms with van der Waals surface area (Å²) in [5.74, 6) is 0.667. The van der Waals surface area contributed by atoms with Crippen molar-refractivity contribution in [1.29, 1.82) is 0 Å². The molecule has 0 atom stereocenters. The largest absolute Gasteiger partial charge is 0.497 e. The molecule has 1 aliphatic rings. The molecule has 26 heavy (non-hydrogen) atoms. The molecule has 1 aromatic heterocycles. The summed E-state index contributed by atoms with van der Waals surface area (Å²) in [5, 5.41) is 4.73. The second kappa shape index (κ2) is 7.30. The molecule has 0 radical (unpaired) electrons. The maximum Gasteiger partial charge on any atom is 0.123 e. The molecule has 134 valence electrons. The van der Waals surface area contributed by atoms with Gasteiger partial charge in [0.2, 0.25) is 0 Å². The summed E-state index contributed by atoms with van der Waals surface area (Å²) in [5.41, 5.74) is 4.30. The van der Waals surface area contributed by atoms with E-state index in [0.717, 1.165) is 49.6 Å². The number of nitrogens with zero attached hydrogens (tertiary/aromatic N) is 3. The highest BCUT2D eigenvalue weighted by molar-refractivity contribution is 5.59. The van der Waals surface area contributed by atoms with E-state index in [2.05, 4.69) is 27.8 Å². The average molecular weight is 351 g/mol. The van der Waals surface area contributed by atoms with Gasteiger partial charge >= 0.3 is 0 Å². The molecule has 4 nitrogen and oxygen atoms in total. The monoisotopic (exact) mass is 351 g/mol. The lowest BCUT2D eigenvalue weighted by atomic mass is 10.1. The van der Waals surface area contributed by atoms with Crippen LogP contribution in [0.4, 0.5) is 4.39 Å². The highest BCUT2D eigenvalue weighted by Gasteiger charge is 2.17. The molecule has 0 bridgehead atoms. The minimum Gasteiger partial charge on any atom is -0.497 e. The lowest BCUT2D eigenvalue weighted by molar-refractivity contribution is 0.260. The van der Waals surface area contributed by atoms with Crippen LogP contribution in [-0.4, -0.2) is 28.3 Å². The van der Waals surface area contributed by atoms with Crippen LogP contribution in [0, 0.1) is 5.82 Å². The minimum atomic E-state index is -0.223. The second-order valence-electron chi connectivity index (χ2n) is 6.67. The molecule has 0 fully saturated rings. The molecule has 4 rings (SSSR count). The van der Waals surface area contributed by atoms with Gasteiger partial charge in [0.05, 0.1) is 18.5 Å². The highest BCUT2D eigenvalue weighted by atomic mass is 19.1. The van der Waals surface area contributed by atoms with Crippen molar-refractivity contribution < 1.29 is 9.13 Å². The minimum absolute atomic E-state index is 0.223. The van der Waals surface area contributed by atoms with Crippen LogP contribution in [0.1, 0.15) is 17.7 Å². The first-order valence-corrected chi connectivity index (χ1v) is 8.89. The molecule has 0 unspecified atom stereocenters. The third kappa shape index (κ3) is 3.63. The van der Waals surface area contributed by atoms with Gasteiger partial charge < -0.3 is 4.74 Å². The maximum atomic E-state index is 13.2. The molecule has 0 aliphatic carbocycles. The number of hydrogen-bond acceptors (Lipinski definition) is 3. The number of rotatable bonds is 4. The van der Waals surface area contributed by atoms with Gasteiger partial charge in [0.25, 0.3) is 0 Å². The number of halogens is 1. The lowest BCUT2D eigenvalue weighted by Gasteiger charge is -2.19. The molecule has 0 saturated heterocycles. The van der Waals surface area contributed by atoms with Crippen molar-refractivity contribution in [1.82, 2.24) is 14.7 Å². The molecule has 2 aromatic carbocycles. The summed E-state index contributed by atoms with van der Waals surface area (Å²) in [6.07, 6.45) is 1.06. The van der Waals surface area contributed by atoms with Crippen molar-refractivity contribution in [2.24, 2.45) is 0 Å². The van der Waals surface area contributed by atoms with Crippen molar-refractivity contribution in [2.75, 3.05) is 13.7 Å². The van der Waals surface area contributed by atoms with Gasteiger partial charge in [-0.1, -0.05) is 12.1 Å². The molecule has 0 amide bonds. The van der Waals surface area contributed by atoms with Crippen LogP contribution in [0.25, 0.3) is 11.3 Å². The topological polar surface area (TPSA) is 30.3 Å². The predicted molar refractivity (Wildman–Crippen MR) is 99.3 cm³/mol. The van der Waals surface area contributed by atoms with Crippen LogP contribution in [0.2, 0.25) is 0 Å². The molecule has 2 heterocycles. The Labute approximate surface area is 152 Å². The van der Waals surface area contributed by atoms with Crippen molar-refractivity contribution in [2.45, 2.75) is 26.1 Å². The zero-order chi connectivity index (χ0) is 17.9. The zero-order valence-electron chi connectivity index (χ0n) is 14.9. The van der Waals surface area contributed by atoms with Crippen molar-refractivity contribution in [3.63, 3.8) is 0 Å². The van der Waals surface area contributed by atoms with Crippen LogP contribution in [0.5, 0.6) is 5.75 Å². The van der Waals surface area contributed by atoms with Gasteiger partial charge in [0.1, 0.15) is 11.6 Å². The summed E-state index contributed by atoms with van der Waals surface area (Å²) in [7, 11) is 1.70. The van der Waals surface area contributed by atoms with Crippen LogP contribution >= 0.6 is 0 Å². The number of benzene rings is 2. The van der Waals surface area contributed by atoms with E-state index in [1.165, 1.54) is 23.4 Å². The third-order valence-corrected chi connectivity index (χ3v) is 4.77. The Kier molecular flexibility index (Phi) is 4.71. The zero-order valence-corrected chi connectivity index (χ0v) is 14.9. The van der Waals surface area contributed by atoms with Gasteiger partial charge in [0.15, 0.2) is 0 Å². The molecule has 5 heteroatoms. The van der Waals surface area contributed by atoms with Crippen LogP contribution in [-0.2, 0) is 19.6 Å². The number of methoxy groups -OCH3 is 1. The summed E-state index contributed by atoms with van der Waals surface area (Å²) >= 11 is 0. The van der Waals surface area contributed by atoms with Gasteiger partial charge in [-0.25, -0.2) is 4.39 Å². The third-order valence-electron chi connectivity index (χ3n) is 4.77. The highest BCUT2D eigenvalue weighted by Crippen LogP contribution is 2.23. The van der Waals surface area contributed by atoms with Gasteiger partial charge in [-0.05, 0) is 54.4 Å². The molecule has 0 N–H and O–H groups in total. The number of aryl methyl sites for hydroxylation is 1. The Morgan fingerprint density at radius 2 is 1.92 bits per heavy atom. The van der Waals surface area contributed by atoms with E-state index in [4.69, 9.17) is 9.84 Å². The first-order chi connectivity index (χ1) is 12.7. The molecular formula is C21H22FN3O. The van der Waals surface area contributed by atoms with Crippen LogP contribution < -0.4 is 4.74 Å². The normalized spacial score (nSPS) is 14.7. The first kappa shape index (κ1) is 16.8. The molecule has 3 aromatic rings. The fraction of sp³-hybridized carbons (Fsp3) is 0.286. The van der Waals surface area contributed by atoms with Crippen LogP contribution in [0.3, 0.4) is 0 Å². The fourth-order valence-corrected chi connectivity index (χ4v) is 3.45. The quantitative estimate of drug-likeness (QED) is 0.709. The maximum absolute atomic E-state index is 13.2. The van der Waals surface area contributed by atoms with E-state index in [0.29, 0.717) is 0 Å². The lowest BCUT2D eigenvalue weighted by Crippen LogP contribution is -2.22. The summed E-state index contributed by atoms with van der Waals surface area (Å²) in [4.78, 5) is 2.43. The molecule has 0 spiro atoms. The van der Waals surface area contributed by atoms with Gasteiger partial charge in [-0.2, -0.15) is 5.10 Å². The van der Waals surface area contributed by atoms with Gasteiger partial charge in [0, 0.05) is 31.7 Å². The summed E-state index contributed by atoms with van der Waals surface area (Å²) in [6, 6.07) is 16.9. The Morgan fingerprint density at radius 1 is 1.08 bits per heavy atom. The second-order valence-corrected chi connectivity index (χ2v) is 6.67. The predicted octanol–water partition coefficient (Wildman–Crippen LogP) is 4.10. The average Bonchev–Trinajstić information content (AvgIpc) is 2.96. The van der Waals surface area contributed by atoms with Crippen molar-refractivity contribution in [3.8, 4) is 17.0 Å². The Balaban J connectivity index is 1.53. The summed E-state index contributed by atoms with van der Waals surface area (Å²) < 4.78 is 20.6. The molecule has 1 aliphatic heterocycles. The molecule has 0 saturated carbocycles. The van der Waals surface area contributed by atoms with E-state index in [9.17, 15) is 4.39 Å². The van der Waals surface area contributed by atoms with Crippen molar-refractivity contribution in [3.05, 3.63) is 71.7 Å². The van der Waals surface area contributed by atoms with Crippen molar-refractivity contribution >= 4 is 0 Å². The standard InChI is InChI=1S/C21H22FN3O/c1-26-20-5-2-4-16(12-20)14-24-10-3-11-25-19(15-24)13-21(23-25)17-6-8-18(22)9-7-17/h2,4-9,12-13H,3,10-11,14-15H2,1H3. The van der Waals surface area contributed by atoms with E-state index in [1.807, 2.05) is 12.1 Å². The van der Waals surface area contributed by atoms with Crippen LogP contribution in [0.15, 0.2) is 54.6 Å². The number of ether oxygens (including phenoxy) is 1. The van der Waals surface area contributed by atoms with Gasteiger partial charge in [-0.3, -0.25) is 9.58 Å². The smallest absolute Gasteiger partial charge is 0.123 e. The number of fused-ring (bicyclic) bond motifs is 1. The number of aromatic nitrogens is 2. The first-order valence-electron chi connectivity index (χ1n) is 8.89. The number of hydrogen-bond donors (Lipinski definition) is 0. The molecular weight excluding hydrogens is 329 g/mol. The SMILES string of the molecule is COc1cccc(CN2CCCn3nc(-c4ccc(F)cc4)cc3C2)c1. The summed E-state index contributed by atoms with van der Waals surface area (Å²) in [6.45, 7) is 3.68. The van der Waals surface area contributed by atoms with E-state index in [-0.39, 0.29) is 5.82 Å². The Bertz CT molecular complexity index is 889.